The van der Waals surface area contributed by atoms with Crippen LogP contribution in [-0.4, -0.2) is 30.4 Å². The van der Waals surface area contributed by atoms with Crippen LogP contribution in [-0.2, 0) is 4.79 Å². The molecule has 2 aliphatic carbocycles. The van der Waals surface area contributed by atoms with Gasteiger partial charge in [-0.2, -0.15) is 0 Å². The van der Waals surface area contributed by atoms with Crippen LogP contribution >= 0.6 is 0 Å². The third-order valence-corrected chi connectivity index (χ3v) is 3.72. The molecule has 112 valence electrons. The normalized spacial score (nSPS) is 17.3. The molecule has 5 nitrogen and oxygen atoms in total. The Labute approximate surface area is 124 Å². The minimum Gasteiger partial charge on any atom is -0.349 e. The Hall–Kier alpha value is -1.88. The summed E-state index contributed by atoms with van der Waals surface area (Å²) in [5.74, 6) is -0.167. The molecule has 1 aromatic rings. The fourth-order valence-electron chi connectivity index (χ4n) is 2.17. The molecule has 3 N–H and O–H groups in total. The predicted molar refractivity (Wildman–Crippen MR) is 81.2 cm³/mol. The van der Waals surface area contributed by atoms with Crippen LogP contribution in [0.15, 0.2) is 24.3 Å². The summed E-state index contributed by atoms with van der Waals surface area (Å²) in [4.78, 5) is 24.1. The maximum absolute atomic E-state index is 12.1. The van der Waals surface area contributed by atoms with E-state index in [1.807, 2.05) is 12.1 Å². The first-order valence-electron chi connectivity index (χ1n) is 7.65. The van der Waals surface area contributed by atoms with Crippen molar-refractivity contribution in [3.05, 3.63) is 29.8 Å². The Morgan fingerprint density at radius 1 is 1.05 bits per heavy atom. The zero-order chi connectivity index (χ0) is 14.7. The zero-order valence-corrected chi connectivity index (χ0v) is 12.0. The summed E-state index contributed by atoms with van der Waals surface area (Å²) in [5.41, 5.74) is 1.12. The van der Waals surface area contributed by atoms with Crippen molar-refractivity contribution in [1.82, 2.24) is 10.6 Å². The minimum atomic E-state index is -0.107. The van der Waals surface area contributed by atoms with Gasteiger partial charge in [-0.3, -0.25) is 9.59 Å². The lowest BCUT2D eigenvalue weighted by molar-refractivity contribution is -0.116. The average Bonchev–Trinajstić information content (AvgIpc) is 3.34. The van der Waals surface area contributed by atoms with Gasteiger partial charge in [0, 0.05) is 25.0 Å². The smallest absolute Gasteiger partial charge is 0.253 e. The maximum Gasteiger partial charge on any atom is 0.253 e. The van der Waals surface area contributed by atoms with Crippen LogP contribution in [0.5, 0.6) is 0 Å². The molecule has 0 aromatic heterocycles. The number of carbonyl (C=O) groups excluding carboxylic acids is 2. The Balaban J connectivity index is 1.55. The number of amides is 2. The monoisotopic (exact) mass is 287 g/mol. The van der Waals surface area contributed by atoms with Crippen LogP contribution in [0.1, 0.15) is 42.5 Å². The number of rotatable bonds is 7. The summed E-state index contributed by atoms with van der Waals surface area (Å²) in [6, 6.07) is 8.07. The van der Waals surface area contributed by atoms with E-state index in [-0.39, 0.29) is 11.8 Å². The van der Waals surface area contributed by atoms with E-state index in [1.165, 1.54) is 12.8 Å². The molecule has 2 saturated carbocycles. The molecule has 0 saturated heterocycles. The van der Waals surface area contributed by atoms with E-state index in [2.05, 4.69) is 16.0 Å². The molecule has 2 aliphatic rings. The van der Waals surface area contributed by atoms with Crippen molar-refractivity contribution in [3.63, 3.8) is 0 Å². The molecule has 0 spiro atoms. The topological polar surface area (TPSA) is 70.2 Å². The van der Waals surface area contributed by atoms with Crippen LogP contribution < -0.4 is 16.0 Å². The minimum absolute atomic E-state index is 0.0604. The standard InChI is InChI=1S/C16H21N3O2/c20-15(9-10-17-11-5-6-11)19-14-4-2-1-3-13(14)16(21)18-12-7-8-12/h1-4,11-12,17H,5-10H2,(H,18,21)(H,19,20). The van der Waals surface area contributed by atoms with Crippen molar-refractivity contribution >= 4 is 17.5 Å². The predicted octanol–water partition coefficient (Wildman–Crippen LogP) is 1.66. The van der Waals surface area contributed by atoms with E-state index in [0.717, 1.165) is 12.8 Å². The molecule has 0 bridgehead atoms. The highest BCUT2D eigenvalue weighted by molar-refractivity contribution is 6.03. The largest absolute Gasteiger partial charge is 0.349 e. The van der Waals surface area contributed by atoms with E-state index in [4.69, 9.17) is 0 Å². The summed E-state index contributed by atoms with van der Waals surface area (Å²) in [5, 5.41) is 9.09. The third-order valence-electron chi connectivity index (χ3n) is 3.72. The lowest BCUT2D eigenvalue weighted by atomic mass is 10.1. The molecular weight excluding hydrogens is 266 g/mol. The van der Waals surface area contributed by atoms with Crippen molar-refractivity contribution in [2.24, 2.45) is 0 Å². The molecule has 21 heavy (non-hydrogen) atoms. The first kappa shape index (κ1) is 14.1. The Kier molecular flexibility index (Phi) is 4.20. The average molecular weight is 287 g/mol. The van der Waals surface area contributed by atoms with Gasteiger partial charge in [-0.25, -0.2) is 0 Å². The van der Waals surface area contributed by atoms with Crippen LogP contribution in [0.4, 0.5) is 5.69 Å². The van der Waals surface area contributed by atoms with Gasteiger partial charge in [0.2, 0.25) is 5.91 Å². The van der Waals surface area contributed by atoms with Crippen LogP contribution in [0.25, 0.3) is 0 Å². The molecule has 0 heterocycles. The third kappa shape index (κ3) is 4.29. The first-order chi connectivity index (χ1) is 10.2. The second kappa shape index (κ2) is 6.26. The summed E-state index contributed by atoms with van der Waals surface area (Å²) in [6.45, 7) is 0.687. The van der Waals surface area contributed by atoms with Gasteiger partial charge in [-0.1, -0.05) is 12.1 Å². The summed E-state index contributed by atoms with van der Waals surface area (Å²) < 4.78 is 0. The second-order valence-corrected chi connectivity index (χ2v) is 5.82. The Morgan fingerprint density at radius 3 is 2.48 bits per heavy atom. The summed E-state index contributed by atoms with van der Waals surface area (Å²) >= 11 is 0. The Morgan fingerprint density at radius 2 is 1.76 bits per heavy atom. The Bertz CT molecular complexity index is 536. The molecular formula is C16H21N3O2. The number of hydrogen-bond acceptors (Lipinski definition) is 3. The summed E-state index contributed by atoms with van der Waals surface area (Å²) in [6.07, 6.45) is 4.95. The number of carbonyl (C=O) groups is 2. The number of benzene rings is 1. The highest BCUT2D eigenvalue weighted by Gasteiger charge is 2.25. The van der Waals surface area contributed by atoms with Crippen molar-refractivity contribution in [2.75, 3.05) is 11.9 Å². The van der Waals surface area contributed by atoms with Crippen molar-refractivity contribution in [3.8, 4) is 0 Å². The lowest BCUT2D eigenvalue weighted by Gasteiger charge is -2.11. The van der Waals surface area contributed by atoms with E-state index in [1.54, 1.807) is 12.1 Å². The summed E-state index contributed by atoms with van der Waals surface area (Å²) in [7, 11) is 0. The van der Waals surface area contributed by atoms with Gasteiger partial charge >= 0.3 is 0 Å². The van der Waals surface area contributed by atoms with E-state index >= 15 is 0 Å². The molecule has 0 atom stereocenters. The molecule has 0 unspecified atom stereocenters. The number of anilines is 1. The zero-order valence-electron chi connectivity index (χ0n) is 12.0. The fraction of sp³-hybridized carbons (Fsp3) is 0.500. The SMILES string of the molecule is O=C(CCNC1CC1)Nc1ccccc1C(=O)NC1CC1. The molecule has 5 heteroatoms. The van der Waals surface area contributed by atoms with Gasteiger partial charge in [0.25, 0.3) is 5.91 Å². The van der Waals surface area contributed by atoms with Crippen molar-refractivity contribution in [1.29, 1.82) is 0 Å². The van der Waals surface area contributed by atoms with Gasteiger partial charge in [-0.05, 0) is 37.8 Å². The van der Waals surface area contributed by atoms with Gasteiger partial charge in [0.05, 0.1) is 11.3 Å². The first-order valence-corrected chi connectivity index (χ1v) is 7.65. The molecule has 0 aliphatic heterocycles. The van der Waals surface area contributed by atoms with Gasteiger partial charge in [0.15, 0.2) is 0 Å². The quantitative estimate of drug-likeness (QED) is 0.714. The molecule has 2 fully saturated rings. The van der Waals surface area contributed by atoms with Crippen molar-refractivity contribution < 1.29 is 9.59 Å². The van der Waals surface area contributed by atoms with Crippen LogP contribution in [0.2, 0.25) is 0 Å². The number of hydrogen-bond donors (Lipinski definition) is 3. The lowest BCUT2D eigenvalue weighted by Crippen LogP contribution is -2.27. The number of nitrogens with one attached hydrogen (secondary N) is 3. The van der Waals surface area contributed by atoms with E-state index in [9.17, 15) is 9.59 Å². The molecule has 3 rings (SSSR count). The molecule has 1 aromatic carbocycles. The maximum atomic E-state index is 12.1. The number of para-hydroxylation sites is 1. The van der Waals surface area contributed by atoms with Gasteiger partial charge < -0.3 is 16.0 Å². The fourth-order valence-corrected chi connectivity index (χ4v) is 2.17. The van der Waals surface area contributed by atoms with E-state index in [0.29, 0.717) is 36.3 Å². The van der Waals surface area contributed by atoms with Crippen LogP contribution in [0.3, 0.4) is 0 Å². The van der Waals surface area contributed by atoms with Gasteiger partial charge in [-0.15, -0.1) is 0 Å². The van der Waals surface area contributed by atoms with Gasteiger partial charge in [0.1, 0.15) is 0 Å². The van der Waals surface area contributed by atoms with Crippen LogP contribution in [0, 0.1) is 0 Å². The highest BCUT2D eigenvalue weighted by atomic mass is 16.2. The van der Waals surface area contributed by atoms with E-state index < -0.39 is 0 Å². The molecule has 0 radical (unpaired) electrons. The van der Waals surface area contributed by atoms with Crippen molar-refractivity contribution in [2.45, 2.75) is 44.2 Å². The second-order valence-electron chi connectivity index (χ2n) is 5.82. The molecule has 2 amide bonds. The highest BCUT2D eigenvalue weighted by Crippen LogP contribution is 2.22.